The normalized spacial score (nSPS) is 18.4. The van der Waals surface area contributed by atoms with Crippen LogP contribution >= 0.6 is 0 Å². The predicted octanol–water partition coefficient (Wildman–Crippen LogP) is 0.189. The highest BCUT2D eigenvalue weighted by Gasteiger charge is 2.41. The lowest BCUT2D eigenvalue weighted by Gasteiger charge is -2.21. The average molecular weight is 297 g/mol. The topological polar surface area (TPSA) is 119 Å². The number of Topliss-reactive ketones (excluding diaryl/α,β-unsaturated/α-hetero) is 1. The molecule has 0 bridgehead atoms. The van der Waals surface area contributed by atoms with Gasteiger partial charge in [0, 0.05) is 0 Å². The second kappa shape index (κ2) is 7.31. The van der Waals surface area contributed by atoms with Gasteiger partial charge in [-0.05, 0) is 39.2 Å². The van der Waals surface area contributed by atoms with Crippen LogP contribution in [0, 0.1) is 17.2 Å². The zero-order valence-electron chi connectivity index (χ0n) is 12.6. The van der Waals surface area contributed by atoms with Crippen LogP contribution in [0.1, 0.15) is 33.1 Å². The Labute approximate surface area is 124 Å². The van der Waals surface area contributed by atoms with Crippen LogP contribution in [-0.4, -0.2) is 47.6 Å². The molecule has 0 spiro atoms. The Kier molecular flexibility index (Phi) is 6.02. The average Bonchev–Trinajstić information content (AvgIpc) is 3.27. The lowest BCUT2D eigenvalue weighted by Crippen LogP contribution is -2.52. The molecule has 0 aliphatic heterocycles. The lowest BCUT2D eigenvalue weighted by molar-refractivity contribution is -0.140. The first kappa shape index (κ1) is 17.3. The SMILES string of the molecule is CC[C@@H](C(=N)C(=O)[C@@H](NC(=O)[C@H](C)NC)C1CC1)C(=O)O. The van der Waals surface area contributed by atoms with Crippen LogP contribution in [0.5, 0.6) is 0 Å². The highest BCUT2D eigenvalue weighted by Crippen LogP contribution is 2.33. The summed E-state index contributed by atoms with van der Waals surface area (Å²) in [7, 11) is 1.64. The van der Waals surface area contributed by atoms with E-state index in [4.69, 9.17) is 10.5 Å². The fraction of sp³-hybridized carbons (Fsp3) is 0.714. The minimum absolute atomic E-state index is 0.0113. The molecule has 1 fully saturated rings. The van der Waals surface area contributed by atoms with Gasteiger partial charge in [-0.25, -0.2) is 0 Å². The van der Waals surface area contributed by atoms with Crippen molar-refractivity contribution in [2.24, 2.45) is 11.8 Å². The van der Waals surface area contributed by atoms with E-state index in [0.717, 1.165) is 12.8 Å². The molecular formula is C14H23N3O4. The van der Waals surface area contributed by atoms with Gasteiger partial charge in [-0.1, -0.05) is 6.92 Å². The van der Waals surface area contributed by atoms with E-state index in [0.29, 0.717) is 0 Å². The Morgan fingerprint density at radius 1 is 1.33 bits per heavy atom. The molecule has 0 aromatic heterocycles. The molecule has 4 N–H and O–H groups in total. The van der Waals surface area contributed by atoms with Gasteiger partial charge in [0.25, 0.3) is 0 Å². The number of carbonyl (C=O) groups excluding carboxylic acids is 2. The fourth-order valence-corrected chi connectivity index (χ4v) is 2.08. The van der Waals surface area contributed by atoms with Gasteiger partial charge >= 0.3 is 5.97 Å². The molecule has 0 aromatic rings. The largest absolute Gasteiger partial charge is 0.481 e. The lowest BCUT2D eigenvalue weighted by atomic mass is 9.92. The van der Waals surface area contributed by atoms with E-state index in [1.165, 1.54) is 0 Å². The molecule has 0 saturated heterocycles. The Morgan fingerprint density at radius 2 is 1.90 bits per heavy atom. The standard InChI is InChI=1S/C14H23N3O4/c1-4-9(14(20)21)10(15)12(18)11(8-5-6-8)17-13(19)7(2)16-3/h7-9,11,15-16H,4-6H2,1-3H3,(H,17,19)(H,20,21)/t7-,9-,11-/m0/s1. The van der Waals surface area contributed by atoms with E-state index in [1.54, 1.807) is 20.9 Å². The van der Waals surface area contributed by atoms with Crippen LogP contribution < -0.4 is 10.6 Å². The molecule has 7 nitrogen and oxygen atoms in total. The van der Waals surface area contributed by atoms with Gasteiger partial charge in [0.1, 0.15) is 5.92 Å². The first-order valence-corrected chi connectivity index (χ1v) is 7.16. The van der Waals surface area contributed by atoms with Crippen molar-refractivity contribution in [3.05, 3.63) is 0 Å². The predicted molar refractivity (Wildman–Crippen MR) is 77.3 cm³/mol. The summed E-state index contributed by atoms with van der Waals surface area (Å²) in [6, 6.07) is -1.23. The van der Waals surface area contributed by atoms with Gasteiger partial charge in [0.05, 0.1) is 17.8 Å². The van der Waals surface area contributed by atoms with Gasteiger partial charge in [0.15, 0.2) is 5.78 Å². The number of likely N-dealkylation sites (N-methyl/N-ethyl adjacent to an activating group) is 1. The molecule has 3 atom stereocenters. The van der Waals surface area contributed by atoms with Crippen molar-refractivity contribution < 1.29 is 19.5 Å². The molecule has 21 heavy (non-hydrogen) atoms. The number of carboxylic acids is 1. The van der Waals surface area contributed by atoms with Gasteiger partial charge in [-0.2, -0.15) is 0 Å². The summed E-state index contributed by atoms with van der Waals surface area (Å²) >= 11 is 0. The quantitative estimate of drug-likeness (QED) is 0.453. The van der Waals surface area contributed by atoms with E-state index < -0.39 is 35.5 Å². The molecule has 1 saturated carbocycles. The summed E-state index contributed by atoms with van der Waals surface area (Å²) in [5.41, 5.74) is -0.431. The third kappa shape index (κ3) is 4.35. The first-order chi connectivity index (χ1) is 9.83. The molecule has 1 amide bonds. The first-order valence-electron chi connectivity index (χ1n) is 7.16. The monoisotopic (exact) mass is 297 g/mol. The smallest absolute Gasteiger partial charge is 0.312 e. The van der Waals surface area contributed by atoms with E-state index in [2.05, 4.69) is 10.6 Å². The molecule has 1 aliphatic rings. The van der Waals surface area contributed by atoms with Crippen LogP contribution in [-0.2, 0) is 14.4 Å². The third-order valence-electron chi connectivity index (χ3n) is 3.82. The van der Waals surface area contributed by atoms with Crippen molar-refractivity contribution in [2.75, 3.05) is 7.05 Å². The van der Waals surface area contributed by atoms with Gasteiger partial charge in [-0.15, -0.1) is 0 Å². The third-order valence-corrected chi connectivity index (χ3v) is 3.82. The molecule has 0 radical (unpaired) electrons. The minimum Gasteiger partial charge on any atom is -0.481 e. The van der Waals surface area contributed by atoms with Crippen molar-refractivity contribution in [3.8, 4) is 0 Å². The zero-order chi connectivity index (χ0) is 16.2. The van der Waals surface area contributed by atoms with E-state index >= 15 is 0 Å². The van der Waals surface area contributed by atoms with E-state index in [1.807, 2.05) is 0 Å². The van der Waals surface area contributed by atoms with Crippen LogP contribution in [0.3, 0.4) is 0 Å². The molecule has 1 aliphatic carbocycles. The number of carboxylic acid groups (broad SMARTS) is 1. The molecule has 118 valence electrons. The maximum atomic E-state index is 12.4. The summed E-state index contributed by atoms with van der Waals surface area (Å²) < 4.78 is 0. The molecule has 0 unspecified atom stereocenters. The summed E-state index contributed by atoms with van der Waals surface area (Å²) in [6.45, 7) is 3.29. The zero-order valence-corrected chi connectivity index (χ0v) is 12.6. The van der Waals surface area contributed by atoms with Crippen molar-refractivity contribution in [1.29, 1.82) is 5.41 Å². The van der Waals surface area contributed by atoms with E-state index in [-0.39, 0.29) is 18.2 Å². The number of ketones is 1. The van der Waals surface area contributed by atoms with Crippen molar-refractivity contribution in [2.45, 2.75) is 45.2 Å². The number of rotatable bonds is 9. The van der Waals surface area contributed by atoms with Crippen LogP contribution in [0.4, 0.5) is 0 Å². The second-order valence-electron chi connectivity index (χ2n) is 5.41. The summed E-state index contributed by atoms with van der Waals surface area (Å²) in [6.07, 6.45) is 1.79. The molecule has 0 aromatic carbocycles. The summed E-state index contributed by atoms with van der Waals surface area (Å²) in [4.78, 5) is 35.3. The number of amides is 1. The Hall–Kier alpha value is -1.76. The summed E-state index contributed by atoms with van der Waals surface area (Å²) in [5.74, 6) is -3.18. The Bertz CT molecular complexity index is 446. The van der Waals surface area contributed by atoms with Crippen molar-refractivity contribution >= 4 is 23.4 Å². The van der Waals surface area contributed by atoms with Gasteiger partial charge < -0.3 is 21.1 Å². The van der Waals surface area contributed by atoms with Crippen molar-refractivity contribution in [1.82, 2.24) is 10.6 Å². The van der Waals surface area contributed by atoms with Crippen molar-refractivity contribution in [3.63, 3.8) is 0 Å². The maximum absolute atomic E-state index is 12.4. The maximum Gasteiger partial charge on any atom is 0.312 e. The fourth-order valence-electron chi connectivity index (χ4n) is 2.08. The Balaban J connectivity index is 2.81. The van der Waals surface area contributed by atoms with Crippen LogP contribution in [0.25, 0.3) is 0 Å². The van der Waals surface area contributed by atoms with Gasteiger partial charge in [-0.3, -0.25) is 14.4 Å². The number of nitrogens with one attached hydrogen (secondary N) is 3. The highest BCUT2D eigenvalue weighted by molar-refractivity contribution is 6.44. The number of carbonyl (C=O) groups is 3. The van der Waals surface area contributed by atoms with Gasteiger partial charge in [0.2, 0.25) is 5.91 Å². The summed E-state index contributed by atoms with van der Waals surface area (Å²) in [5, 5.41) is 22.3. The molecule has 1 rings (SSSR count). The number of hydrogen-bond acceptors (Lipinski definition) is 5. The minimum atomic E-state index is -1.18. The van der Waals surface area contributed by atoms with Crippen LogP contribution in [0.15, 0.2) is 0 Å². The molecular weight excluding hydrogens is 274 g/mol. The second-order valence-corrected chi connectivity index (χ2v) is 5.41. The molecule has 7 heteroatoms. The number of aliphatic carboxylic acids is 1. The molecule has 0 heterocycles. The highest BCUT2D eigenvalue weighted by atomic mass is 16.4. The van der Waals surface area contributed by atoms with Crippen LogP contribution in [0.2, 0.25) is 0 Å². The van der Waals surface area contributed by atoms with E-state index in [9.17, 15) is 14.4 Å². The number of hydrogen-bond donors (Lipinski definition) is 4. The Morgan fingerprint density at radius 3 is 2.29 bits per heavy atom.